The van der Waals surface area contributed by atoms with Crippen LogP contribution < -0.4 is 20.9 Å². The molecule has 1 aliphatic heterocycles. The van der Waals surface area contributed by atoms with Crippen molar-refractivity contribution in [2.75, 3.05) is 44.3 Å². The summed E-state index contributed by atoms with van der Waals surface area (Å²) in [7, 11) is 0. The Kier molecular flexibility index (Phi) is 13.8. The minimum Gasteiger partial charge on any atom is -0.493 e. The van der Waals surface area contributed by atoms with Crippen molar-refractivity contribution in [1.82, 2.24) is 4.90 Å². The van der Waals surface area contributed by atoms with E-state index in [0.717, 1.165) is 49.4 Å². The zero-order valence-corrected chi connectivity index (χ0v) is 21.1. The zero-order valence-electron chi connectivity index (χ0n) is 18.7. The molecular weight excluding hydrogens is 473 g/mol. The van der Waals surface area contributed by atoms with Gasteiger partial charge in [0, 0.05) is 6.54 Å². The molecule has 9 heteroatoms. The van der Waals surface area contributed by atoms with Crippen molar-refractivity contribution in [2.24, 2.45) is 5.92 Å². The summed E-state index contributed by atoms with van der Waals surface area (Å²) in [6.45, 7) is 7.36. The Bertz CT molecular complexity index is 804. The van der Waals surface area contributed by atoms with Crippen LogP contribution in [0.15, 0.2) is 36.4 Å². The third-order valence-electron chi connectivity index (χ3n) is 5.73. The number of rotatable bonds is 8. The van der Waals surface area contributed by atoms with Gasteiger partial charge < -0.3 is 30.9 Å². The molecule has 1 aliphatic rings. The molecule has 0 spiro atoms. The SMILES string of the molecule is Cc1cc(OCC(O)CN2CCC(COc3ccccc3)CC2)c(N)c(N)c1C.Cl.Cl.Cl. The van der Waals surface area contributed by atoms with Gasteiger partial charge in [0.05, 0.1) is 18.0 Å². The molecule has 1 heterocycles. The lowest BCUT2D eigenvalue weighted by Gasteiger charge is -2.33. The van der Waals surface area contributed by atoms with Crippen LogP contribution in [-0.2, 0) is 0 Å². The minimum atomic E-state index is -0.575. The number of nitrogens with zero attached hydrogens (tertiary/aromatic N) is 1. The number of aliphatic hydroxyl groups excluding tert-OH is 1. The third-order valence-corrected chi connectivity index (χ3v) is 5.73. The van der Waals surface area contributed by atoms with Crippen molar-refractivity contribution in [1.29, 1.82) is 0 Å². The van der Waals surface area contributed by atoms with Crippen LogP contribution in [0.4, 0.5) is 11.4 Å². The van der Waals surface area contributed by atoms with Crippen LogP contribution in [0, 0.1) is 19.8 Å². The quantitative estimate of drug-likeness (QED) is 0.461. The van der Waals surface area contributed by atoms with Crippen molar-refractivity contribution >= 4 is 48.6 Å². The standard InChI is InChI=1S/C23H33N3O3.3ClH/c1-16-12-21(23(25)22(24)17(16)2)29-15-19(27)13-26-10-8-18(9-11-26)14-28-20-6-4-3-5-7-20;;;/h3-7,12,18-19,27H,8-11,13-15,24-25H2,1-2H3;3*1H. The fourth-order valence-electron chi connectivity index (χ4n) is 3.65. The minimum absolute atomic E-state index is 0. The van der Waals surface area contributed by atoms with E-state index in [0.29, 0.717) is 29.6 Å². The van der Waals surface area contributed by atoms with E-state index in [4.69, 9.17) is 20.9 Å². The molecule has 0 saturated carbocycles. The Morgan fingerprint density at radius 3 is 2.25 bits per heavy atom. The van der Waals surface area contributed by atoms with E-state index < -0.39 is 6.10 Å². The Morgan fingerprint density at radius 1 is 1.00 bits per heavy atom. The fourth-order valence-corrected chi connectivity index (χ4v) is 3.65. The molecular formula is C23H36Cl3N3O3. The number of nitrogen functional groups attached to an aromatic ring is 2. The highest BCUT2D eigenvalue weighted by Gasteiger charge is 2.22. The number of hydrogen-bond acceptors (Lipinski definition) is 6. The molecule has 5 N–H and O–H groups in total. The maximum absolute atomic E-state index is 10.4. The molecule has 0 aliphatic carbocycles. The van der Waals surface area contributed by atoms with Gasteiger partial charge in [-0.2, -0.15) is 0 Å². The maximum atomic E-state index is 10.4. The van der Waals surface area contributed by atoms with E-state index in [2.05, 4.69) is 4.90 Å². The molecule has 0 radical (unpaired) electrons. The highest BCUT2D eigenvalue weighted by molar-refractivity contribution is 5.86. The average Bonchev–Trinajstić information content (AvgIpc) is 2.74. The van der Waals surface area contributed by atoms with E-state index in [-0.39, 0.29) is 43.8 Å². The molecule has 0 bridgehead atoms. The van der Waals surface area contributed by atoms with Crippen LogP contribution in [0.5, 0.6) is 11.5 Å². The molecule has 182 valence electrons. The third kappa shape index (κ3) is 8.41. The Balaban J connectivity index is 0.00000320. The number of likely N-dealkylation sites (tertiary alicyclic amines) is 1. The van der Waals surface area contributed by atoms with Gasteiger partial charge in [0.2, 0.25) is 0 Å². The van der Waals surface area contributed by atoms with Crippen LogP contribution >= 0.6 is 37.2 Å². The highest BCUT2D eigenvalue weighted by Crippen LogP contribution is 2.33. The molecule has 6 nitrogen and oxygen atoms in total. The molecule has 0 amide bonds. The van der Waals surface area contributed by atoms with Crippen molar-refractivity contribution in [2.45, 2.75) is 32.8 Å². The first-order chi connectivity index (χ1) is 13.9. The molecule has 1 atom stereocenters. The summed E-state index contributed by atoms with van der Waals surface area (Å²) in [6.07, 6.45) is 1.57. The van der Waals surface area contributed by atoms with Gasteiger partial charge in [-0.25, -0.2) is 0 Å². The summed E-state index contributed by atoms with van der Waals surface area (Å²) < 4.78 is 11.6. The van der Waals surface area contributed by atoms with Crippen LogP contribution in [0.25, 0.3) is 0 Å². The number of piperidine rings is 1. The normalized spacial score (nSPS) is 15.0. The van der Waals surface area contributed by atoms with Crippen molar-refractivity contribution in [3.05, 3.63) is 47.5 Å². The number of ether oxygens (including phenoxy) is 2. The number of β-amino-alcohol motifs (C(OH)–C–C–N with tert-alkyl or cyclic N) is 1. The second-order valence-corrected chi connectivity index (χ2v) is 7.98. The van der Waals surface area contributed by atoms with Gasteiger partial charge >= 0.3 is 0 Å². The number of aryl methyl sites for hydroxylation is 1. The van der Waals surface area contributed by atoms with E-state index in [9.17, 15) is 5.11 Å². The lowest BCUT2D eigenvalue weighted by atomic mass is 9.97. The highest BCUT2D eigenvalue weighted by atomic mass is 35.5. The second kappa shape index (κ2) is 14.6. The predicted octanol–water partition coefficient (Wildman–Crippen LogP) is 4.26. The zero-order chi connectivity index (χ0) is 20.8. The van der Waals surface area contributed by atoms with Crippen LogP contribution in [0.3, 0.4) is 0 Å². The number of anilines is 2. The van der Waals surface area contributed by atoms with Gasteiger partial charge in [0.15, 0.2) is 0 Å². The topological polar surface area (TPSA) is 94.0 Å². The second-order valence-electron chi connectivity index (χ2n) is 7.98. The van der Waals surface area contributed by atoms with Gasteiger partial charge in [-0.05, 0) is 75.0 Å². The van der Waals surface area contributed by atoms with Crippen LogP contribution in [0.2, 0.25) is 0 Å². The fraction of sp³-hybridized carbons (Fsp3) is 0.478. The lowest BCUT2D eigenvalue weighted by molar-refractivity contribution is 0.0505. The molecule has 3 rings (SSSR count). The van der Waals surface area contributed by atoms with Gasteiger partial charge in [0.25, 0.3) is 0 Å². The van der Waals surface area contributed by atoms with Crippen LogP contribution in [-0.4, -0.2) is 49.0 Å². The van der Waals surface area contributed by atoms with Gasteiger partial charge in [-0.15, -0.1) is 37.2 Å². The number of halogens is 3. The van der Waals surface area contributed by atoms with Crippen LogP contribution in [0.1, 0.15) is 24.0 Å². The summed E-state index contributed by atoms with van der Waals surface area (Å²) in [5.74, 6) is 2.02. The molecule has 1 unspecified atom stereocenters. The number of nitrogens with two attached hydrogens (primary N) is 2. The molecule has 32 heavy (non-hydrogen) atoms. The monoisotopic (exact) mass is 507 g/mol. The van der Waals surface area contributed by atoms with E-state index in [1.807, 2.05) is 50.2 Å². The van der Waals surface area contributed by atoms with Gasteiger partial charge in [0.1, 0.15) is 24.2 Å². The van der Waals surface area contributed by atoms with Crippen molar-refractivity contribution in [3.63, 3.8) is 0 Å². The molecule has 1 saturated heterocycles. The number of benzene rings is 2. The summed E-state index contributed by atoms with van der Waals surface area (Å²) in [4.78, 5) is 2.28. The molecule has 2 aromatic carbocycles. The first-order valence-corrected chi connectivity index (χ1v) is 10.3. The number of para-hydroxylation sites is 1. The summed E-state index contributed by atoms with van der Waals surface area (Å²) in [5, 5.41) is 10.4. The maximum Gasteiger partial charge on any atom is 0.144 e. The number of aliphatic hydroxyl groups is 1. The Hall–Kier alpha value is -1.57. The molecule has 0 aromatic heterocycles. The van der Waals surface area contributed by atoms with Crippen molar-refractivity contribution in [3.8, 4) is 11.5 Å². The van der Waals surface area contributed by atoms with Gasteiger partial charge in [-0.1, -0.05) is 18.2 Å². The molecule has 2 aromatic rings. The molecule has 1 fully saturated rings. The van der Waals surface area contributed by atoms with E-state index in [1.165, 1.54) is 0 Å². The average molecular weight is 509 g/mol. The van der Waals surface area contributed by atoms with Crippen molar-refractivity contribution < 1.29 is 14.6 Å². The predicted molar refractivity (Wildman–Crippen MR) is 139 cm³/mol. The van der Waals surface area contributed by atoms with E-state index >= 15 is 0 Å². The summed E-state index contributed by atoms with van der Waals surface area (Å²) in [6, 6.07) is 11.8. The summed E-state index contributed by atoms with van der Waals surface area (Å²) >= 11 is 0. The first kappa shape index (κ1) is 30.4. The lowest BCUT2D eigenvalue weighted by Crippen LogP contribution is -2.41. The van der Waals surface area contributed by atoms with E-state index in [1.54, 1.807) is 0 Å². The number of hydrogen-bond donors (Lipinski definition) is 3. The first-order valence-electron chi connectivity index (χ1n) is 10.3. The summed E-state index contributed by atoms with van der Waals surface area (Å²) in [5.41, 5.74) is 15.1. The van der Waals surface area contributed by atoms with Gasteiger partial charge in [-0.3, -0.25) is 0 Å². The smallest absolute Gasteiger partial charge is 0.144 e. The largest absolute Gasteiger partial charge is 0.493 e. The Morgan fingerprint density at radius 2 is 1.62 bits per heavy atom. The Labute approximate surface area is 209 Å².